The molecule has 1 aliphatic rings. The summed E-state index contributed by atoms with van der Waals surface area (Å²) in [6, 6.07) is 10.7. The Balaban J connectivity index is 1.41. The number of non-ortho nitro benzene ring substituents is 1. The predicted molar refractivity (Wildman–Crippen MR) is 94.0 cm³/mol. The largest absolute Gasteiger partial charge is 0.454 e. The van der Waals surface area contributed by atoms with Crippen LogP contribution < -0.4 is 14.9 Å². The average Bonchev–Trinajstić information content (AvgIpc) is 3.37. The van der Waals surface area contributed by atoms with Gasteiger partial charge in [0.05, 0.1) is 11.1 Å². The van der Waals surface area contributed by atoms with E-state index in [1.165, 1.54) is 30.5 Å². The number of amides is 1. The summed E-state index contributed by atoms with van der Waals surface area (Å²) in [4.78, 5) is 26.2. The lowest BCUT2D eigenvalue weighted by Crippen LogP contribution is -2.17. The lowest BCUT2D eigenvalue weighted by atomic mass is 10.2. The summed E-state index contributed by atoms with van der Waals surface area (Å²) in [6.07, 6.45) is 1.42. The van der Waals surface area contributed by atoms with Crippen LogP contribution in [0.15, 0.2) is 52.1 Å². The number of benzene rings is 2. The Morgan fingerprint density at radius 3 is 2.75 bits per heavy atom. The predicted octanol–water partition coefficient (Wildman–Crippen LogP) is 2.14. The quantitative estimate of drug-likeness (QED) is 0.402. The highest BCUT2D eigenvalue weighted by atomic mass is 16.7. The van der Waals surface area contributed by atoms with E-state index in [1.54, 1.807) is 18.2 Å². The number of hydrogen-bond acceptors (Lipinski definition) is 9. The number of fused-ring (bicyclic) bond motifs is 1. The number of nitro benzene ring substituents is 1. The van der Waals surface area contributed by atoms with Gasteiger partial charge in [0.2, 0.25) is 12.6 Å². The van der Waals surface area contributed by atoms with Gasteiger partial charge in [0, 0.05) is 17.7 Å². The summed E-state index contributed by atoms with van der Waals surface area (Å²) >= 11 is 0. The fourth-order valence-electron chi connectivity index (χ4n) is 2.37. The summed E-state index contributed by atoms with van der Waals surface area (Å²) in [5.74, 6) is 0.374. The Morgan fingerprint density at radius 1 is 1.18 bits per heavy atom. The van der Waals surface area contributed by atoms with Crippen LogP contribution in [0.25, 0.3) is 11.4 Å². The number of nitrogens with zero attached hydrogens (tertiary/aromatic N) is 4. The Kier molecular flexibility index (Phi) is 4.38. The third-order valence-corrected chi connectivity index (χ3v) is 3.73. The number of carbonyl (C=O) groups is 1. The van der Waals surface area contributed by atoms with E-state index in [9.17, 15) is 14.9 Å². The van der Waals surface area contributed by atoms with Crippen LogP contribution in [0.2, 0.25) is 0 Å². The number of ether oxygens (including phenoxy) is 2. The maximum Gasteiger partial charge on any atom is 0.329 e. The number of rotatable bonds is 5. The first-order valence-corrected chi connectivity index (χ1v) is 7.92. The van der Waals surface area contributed by atoms with Crippen LogP contribution in [0.4, 0.5) is 5.69 Å². The molecule has 1 aromatic heterocycles. The van der Waals surface area contributed by atoms with Crippen molar-refractivity contribution < 1.29 is 23.7 Å². The van der Waals surface area contributed by atoms with E-state index in [1.807, 2.05) is 0 Å². The summed E-state index contributed by atoms with van der Waals surface area (Å²) in [5, 5.41) is 18.2. The minimum absolute atomic E-state index is 0.0666. The van der Waals surface area contributed by atoms with E-state index in [0.29, 0.717) is 22.6 Å². The van der Waals surface area contributed by atoms with Crippen LogP contribution >= 0.6 is 0 Å². The van der Waals surface area contributed by atoms with Gasteiger partial charge >= 0.3 is 11.8 Å². The van der Waals surface area contributed by atoms with Crippen LogP contribution in [0, 0.1) is 10.1 Å². The topological polar surface area (TPSA) is 142 Å². The SMILES string of the molecule is O=C(N/N=C/c1ccc2c(c1)OCO2)c1nc(-c2ccc([N+](=O)[O-])cc2)no1. The van der Waals surface area contributed by atoms with Crippen molar-refractivity contribution in [2.45, 2.75) is 0 Å². The second-order valence-corrected chi connectivity index (χ2v) is 5.54. The van der Waals surface area contributed by atoms with E-state index < -0.39 is 10.8 Å². The van der Waals surface area contributed by atoms with Crippen LogP contribution in [-0.4, -0.2) is 34.0 Å². The summed E-state index contributed by atoms with van der Waals surface area (Å²) in [7, 11) is 0. The Hall–Kier alpha value is -4.28. The molecule has 0 aliphatic carbocycles. The van der Waals surface area contributed by atoms with Gasteiger partial charge in [-0.05, 0) is 35.9 Å². The molecule has 11 nitrogen and oxygen atoms in total. The molecule has 0 saturated heterocycles. The zero-order valence-electron chi connectivity index (χ0n) is 14.1. The molecule has 2 heterocycles. The maximum absolute atomic E-state index is 12.1. The smallest absolute Gasteiger partial charge is 0.329 e. The Morgan fingerprint density at radius 2 is 1.96 bits per heavy atom. The molecule has 11 heteroatoms. The number of nitro groups is 1. The van der Waals surface area contributed by atoms with Crippen LogP contribution in [-0.2, 0) is 0 Å². The molecule has 1 N–H and O–H groups in total. The fourth-order valence-corrected chi connectivity index (χ4v) is 2.37. The van der Waals surface area contributed by atoms with E-state index >= 15 is 0 Å². The van der Waals surface area contributed by atoms with Crippen molar-refractivity contribution in [3.8, 4) is 22.9 Å². The second-order valence-electron chi connectivity index (χ2n) is 5.54. The molecule has 28 heavy (non-hydrogen) atoms. The van der Waals surface area contributed by atoms with Gasteiger partial charge in [-0.25, -0.2) is 5.43 Å². The zero-order chi connectivity index (χ0) is 19.5. The van der Waals surface area contributed by atoms with Crippen molar-refractivity contribution in [3.05, 3.63) is 64.0 Å². The van der Waals surface area contributed by atoms with E-state index in [-0.39, 0.29) is 24.2 Å². The number of hydrazone groups is 1. The standard InChI is InChI=1S/C17H11N5O6/c23-16(20-18-8-10-1-6-13-14(7-10)27-9-26-13)17-19-15(21-28-17)11-2-4-12(5-3-11)22(24)25/h1-8H,9H2,(H,20,23)/b18-8+. The first kappa shape index (κ1) is 17.1. The van der Waals surface area contributed by atoms with E-state index in [4.69, 9.17) is 14.0 Å². The van der Waals surface area contributed by atoms with Crippen molar-refractivity contribution in [2.75, 3.05) is 6.79 Å². The minimum Gasteiger partial charge on any atom is -0.454 e. The molecule has 140 valence electrons. The molecule has 0 radical (unpaired) electrons. The number of nitrogens with one attached hydrogen (secondary N) is 1. The molecule has 0 unspecified atom stereocenters. The third-order valence-electron chi connectivity index (χ3n) is 3.73. The fraction of sp³-hybridized carbons (Fsp3) is 0.0588. The maximum atomic E-state index is 12.1. The molecular weight excluding hydrogens is 370 g/mol. The van der Waals surface area contributed by atoms with E-state index in [0.717, 1.165) is 0 Å². The normalized spacial score (nSPS) is 12.3. The van der Waals surface area contributed by atoms with Crippen molar-refractivity contribution in [3.63, 3.8) is 0 Å². The molecule has 1 aliphatic heterocycles. The van der Waals surface area contributed by atoms with Gasteiger partial charge in [0.1, 0.15) is 0 Å². The first-order valence-electron chi connectivity index (χ1n) is 7.92. The zero-order valence-corrected chi connectivity index (χ0v) is 14.1. The Bertz CT molecular complexity index is 1080. The molecule has 0 spiro atoms. The first-order chi connectivity index (χ1) is 13.6. The van der Waals surface area contributed by atoms with E-state index in [2.05, 4.69) is 20.7 Å². The molecule has 4 rings (SSSR count). The van der Waals surface area contributed by atoms with Crippen molar-refractivity contribution in [1.29, 1.82) is 0 Å². The van der Waals surface area contributed by atoms with Crippen LogP contribution in [0.1, 0.15) is 16.2 Å². The molecule has 1 amide bonds. The van der Waals surface area contributed by atoms with Gasteiger partial charge in [-0.2, -0.15) is 10.1 Å². The molecule has 2 aromatic carbocycles. The van der Waals surface area contributed by atoms with Gasteiger partial charge in [0.15, 0.2) is 11.5 Å². The number of hydrogen-bond donors (Lipinski definition) is 1. The van der Waals surface area contributed by atoms with Crippen LogP contribution in [0.3, 0.4) is 0 Å². The summed E-state index contributed by atoms with van der Waals surface area (Å²) in [5.41, 5.74) is 3.38. The summed E-state index contributed by atoms with van der Waals surface area (Å²) in [6.45, 7) is 0.168. The molecule has 0 atom stereocenters. The van der Waals surface area contributed by atoms with Crippen LogP contribution in [0.5, 0.6) is 11.5 Å². The lowest BCUT2D eigenvalue weighted by Gasteiger charge is -1.97. The average molecular weight is 381 g/mol. The number of aromatic nitrogens is 2. The summed E-state index contributed by atoms with van der Waals surface area (Å²) < 4.78 is 15.4. The lowest BCUT2D eigenvalue weighted by molar-refractivity contribution is -0.384. The number of carbonyl (C=O) groups excluding carboxylic acids is 1. The Labute approximate surface area is 156 Å². The van der Waals surface area contributed by atoms with Gasteiger partial charge in [-0.1, -0.05) is 5.16 Å². The molecule has 3 aromatic rings. The molecular formula is C17H11N5O6. The molecule has 0 fully saturated rings. The van der Waals surface area contributed by atoms with Gasteiger partial charge in [-0.3, -0.25) is 14.9 Å². The van der Waals surface area contributed by atoms with Gasteiger partial charge in [0.25, 0.3) is 5.69 Å². The molecule has 0 bridgehead atoms. The monoisotopic (exact) mass is 381 g/mol. The highest BCUT2D eigenvalue weighted by Gasteiger charge is 2.17. The van der Waals surface area contributed by atoms with Gasteiger partial charge in [-0.15, -0.1) is 0 Å². The highest BCUT2D eigenvalue weighted by molar-refractivity contribution is 5.91. The minimum atomic E-state index is -0.697. The molecule has 0 saturated carbocycles. The second kappa shape index (κ2) is 7.15. The van der Waals surface area contributed by atoms with Crippen molar-refractivity contribution in [2.24, 2.45) is 5.10 Å². The van der Waals surface area contributed by atoms with Gasteiger partial charge < -0.3 is 14.0 Å². The van der Waals surface area contributed by atoms with Crippen molar-refractivity contribution >= 4 is 17.8 Å². The third kappa shape index (κ3) is 3.49. The highest BCUT2D eigenvalue weighted by Crippen LogP contribution is 2.31. The van der Waals surface area contributed by atoms with Crippen molar-refractivity contribution in [1.82, 2.24) is 15.6 Å².